The number of anilines is 1. The predicted octanol–water partition coefficient (Wildman–Crippen LogP) is 3.40. The molecule has 0 bridgehead atoms. The minimum atomic E-state index is -3.22. The van der Waals surface area contributed by atoms with Gasteiger partial charge < -0.3 is 19.7 Å². The van der Waals surface area contributed by atoms with Crippen molar-refractivity contribution in [3.8, 4) is 5.75 Å². The summed E-state index contributed by atoms with van der Waals surface area (Å²) in [6.45, 7) is 2.47. The van der Waals surface area contributed by atoms with Crippen molar-refractivity contribution in [3.05, 3.63) is 22.2 Å². The highest BCUT2D eigenvalue weighted by Crippen LogP contribution is 2.49. The molecule has 1 aromatic rings. The largest absolute Gasteiger partial charge is 0.479 e. The van der Waals surface area contributed by atoms with E-state index in [1.807, 2.05) is 0 Å². The molecule has 2 unspecified atom stereocenters. The maximum Gasteiger partial charge on any atom is 0.332 e. The first-order valence-electron chi connectivity index (χ1n) is 5.87. The molecular formula is C12H16Cl2NO5P. The van der Waals surface area contributed by atoms with Crippen LogP contribution in [0.5, 0.6) is 5.75 Å². The summed E-state index contributed by atoms with van der Waals surface area (Å²) in [7, 11) is -2.01. The summed E-state index contributed by atoms with van der Waals surface area (Å²) >= 11 is 11.8. The molecule has 0 aliphatic carbocycles. The van der Waals surface area contributed by atoms with Gasteiger partial charge in [-0.15, -0.1) is 0 Å². The van der Waals surface area contributed by atoms with Crippen molar-refractivity contribution in [2.45, 2.75) is 12.8 Å². The van der Waals surface area contributed by atoms with Crippen LogP contribution in [0.4, 0.5) is 5.69 Å². The zero-order valence-electron chi connectivity index (χ0n) is 11.8. The lowest BCUT2D eigenvalue weighted by atomic mass is 10.3. The molecule has 118 valence electrons. The number of rotatable bonds is 6. The molecule has 0 amide bonds. The zero-order valence-corrected chi connectivity index (χ0v) is 14.2. The van der Waals surface area contributed by atoms with Gasteiger partial charge in [-0.25, -0.2) is 4.79 Å². The average Bonchev–Trinajstić information content (AvgIpc) is 2.42. The molecule has 0 aromatic heterocycles. The quantitative estimate of drug-likeness (QED) is 0.478. The Morgan fingerprint density at radius 3 is 2.57 bits per heavy atom. The van der Waals surface area contributed by atoms with Gasteiger partial charge in [-0.1, -0.05) is 23.2 Å². The highest BCUT2D eigenvalue weighted by Gasteiger charge is 2.29. The van der Waals surface area contributed by atoms with E-state index in [0.717, 1.165) is 0 Å². The highest BCUT2D eigenvalue weighted by molar-refractivity contribution is 7.58. The van der Waals surface area contributed by atoms with Crippen LogP contribution >= 0.6 is 30.6 Å². The number of carbonyl (C=O) groups is 1. The Morgan fingerprint density at radius 2 is 2.00 bits per heavy atom. The van der Waals surface area contributed by atoms with Crippen molar-refractivity contribution in [2.24, 2.45) is 0 Å². The van der Waals surface area contributed by atoms with Crippen molar-refractivity contribution in [1.29, 1.82) is 0 Å². The van der Waals surface area contributed by atoms with Gasteiger partial charge in [0.15, 0.2) is 12.5 Å². The van der Waals surface area contributed by atoms with E-state index >= 15 is 0 Å². The Hall–Kier alpha value is -0.940. The Kier molecular flexibility index (Phi) is 6.35. The summed E-state index contributed by atoms with van der Waals surface area (Å²) in [5, 5.41) is 0.524. The SMILES string of the molecule is COC(=O)COP(C)(=O)C(C)Oc1cc(N)c(Cl)cc1Cl. The molecule has 0 fully saturated rings. The van der Waals surface area contributed by atoms with Gasteiger partial charge in [0, 0.05) is 12.7 Å². The van der Waals surface area contributed by atoms with Crippen LogP contribution in [-0.2, 0) is 18.6 Å². The summed E-state index contributed by atoms with van der Waals surface area (Å²) in [5.41, 5.74) is 5.94. The average molecular weight is 356 g/mol. The molecule has 0 heterocycles. The van der Waals surface area contributed by atoms with E-state index in [0.29, 0.717) is 5.02 Å². The van der Waals surface area contributed by atoms with Crippen LogP contribution in [0.1, 0.15) is 6.92 Å². The lowest BCUT2D eigenvalue weighted by Gasteiger charge is -2.22. The van der Waals surface area contributed by atoms with Gasteiger partial charge in [-0.2, -0.15) is 0 Å². The molecule has 0 saturated heterocycles. The van der Waals surface area contributed by atoms with E-state index < -0.39 is 25.8 Å². The number of nitrogen functional groups attached to an aromatic ring is 1. The van der Waals surface area contributed by atoms with Gasteiger partial charge >= 0.3 is 5.97 Å². The van der Waals surface area contributed by atoms with Gasteiger partial charge in [0.25, 0.3) is 0 Å². The van der Waals surface area contributed by atoms with Gasteiger partial charge in [-0.05, 0) is 13.0 Å². The first-order chi connectivity index (χ1) is 9.67. The number of hydrogen-bond acceptors (Lipinski definition) is 6. The highest BCUT2D eigenvalue weighted by atomic mass is 35.5. The molecule has 1 rings (SSSR count). The number of benzene rings is 1. The van der Waals surface area contributed by atoms with Gasteiger partial charge in [0.05, 0.1) is 22.8 Å². The molecule has 9 heteroatoms. The number of hydrogen-bond donors (Lipinski definition) is 1. The van der Waals surface area contributed by atoms with Crippen molar-refractivity contribution in [3.63, 3.8) is 0 Å². The van der Waals surface area contributed by atoms with Crippen LogP contribution in [0.3, 0.4) is 0 Å². The second-order valence-electron chi connectivity index (χ2n) is 4.28. The third-order valence-electron chi connectivity index (χ3n) is 2.68. The molecular weight excluding hydrogens is 340 g/mol. The maximum absolute atomic E-state index is 12.3. The molecule has 0 radical (unpaired) electrons. The first kappa shape index (κ1) is 18.1. The second kappa shape index (κ2) is 7.36. The molecule has 0 aliphatic rings. The Morgan fingerprint density at radius 1 is 1.38 bits per heavy atom. The zero-order chi connectivity index (χ0) is 16.2. The van der Waals surface area contributed by atoms with Crippen LogP contribution in [-0.4, -0.2) is 32.2 Å². The van der Waals surface area contributed by atoms with Crippen LogP contribution in [0.2, 0.25) is 10.0 Å². The summed E-state index contributed by atoms with van der Waals surface area (Å²) in [5.74, 6) is -1.23. The lowest BCUT2D eigenvalue weighted by Crippen LogP contribution is -2.17. The standard InChI is InChI=1S/C12H16Cl2NO5P/c1-7(21(3,17)19-6-12(16)18-2)20-11-5-10(15)8(13)4-9(11)14/h4-5,7H,6,15H2,1-3H3. The number of carbonyl (C=O) groups excluding carboxylic acids is 1. The van der Waals surface area contributed by atoms with Crippen molar-refractivity contribution < 1.29 is 23.4 Å². The molecule has 6 nitrogen and oxygen atoms in total. The van der Waals surface area contributed by atoms with Crippen molar-refractivity contribution >= 4 is 42.2 Å². The molecule has 2 N–H and O–H groups in total. The Balaban J connectivity index is 2.80. The fourth-order valence-corrected chi connectivity index (χ4v) is 2.56. The van der Waals surface area contributed by atoms with E-state index in [1.165, 1.54) is 25.9 Å². The minimum absolute atomic E-state index is 0.231. The molecule has 21 heavy (non-hydrogen) atoms. The maximum atomic E-state index is 12.3. The smallest absolute Gasteiger partial charge is 0.332 e. The fourth-order valence-electron chi connectivity index (χ4n) is 1.26. The Bertz CT molecular complexity index is 581. The van der Waals surface area contributed by atoms with Crippen LogP contribution in [0.15, 0.2) is 12.1 Å². The number of methoxy groups -OCH3 is 1. The third-order valence-corrected chi connectivity index (χ3v) is 5.37. The van der Waals surface area contributed by atoms with Crippen LogP contribution in [0, 0.1) is 0 Å². The van der Waals surface area contributed by atoms with Crippen molar-refractivity contribution in [1.82, 2.24) is 0 Å². The molecule has 0 spiro atoms. The van der Waals surface area contributed by atoms with Crippen LogP contribution < -0.4 is 10.5 Å². The minimum Gasteiger partial charge on any atom is -0.479 e. The topological polar surface area (TPSA) is 87.8 Å². The summed E-state index contributed by atoms with van der Waals surface area (Å²) in [6.07, 6.45) is 0. The summed E-state index contributed by atoms with van der Waals surface area (Å²) in [6, 6.07) is 2.86. The lowest BCUT2D eigenvalue weighted by molar-refractivity contribution is -0.142. The van der Waals surface area contributed by atoms with E-state index in [4.69, 9.17) is 38.2 Å². The van der Waals surface area contributed by atoms with Gasteiger partial charge in [-0.3, -0.25) is 4.57 Å². The summed E-state index contributed by atoms with van der Waals surface area (Å²) in [4.78, 5) is 11.0. The molecule has 2 atom stereocenters. The van der Waals surface area contributed by atoms with E-state index in [9.17, 15) is 9.36 Å². The normalized spacial score (nSPS) is 15.1. The second-order valence-corrected chi connectivity index (χ2v) is 7.90. The van der Waals surface area contributed by atoms with Crippen LogP contribution in [0.25, 0.3) is 0 Å². The fraction of sp³-hybridized carbons (Fsp3) is 0.417. The number of nitrogens with two attached hydrogens (primary N) is 1. The molecule has 1 aromatic carbocycles. The molecule has 0 saturated carbocycles. The number of esters is 1. The molecule has 0 aliphatic heterocycles. The summed E-state index contributed by atoms with van der Waals surface area (Å²) < 4.78 is 27.3. The Labute approximate surface area is 132 Å². The number of halogens is 2. The van der Waals surface area contributed by atoms with E-state index in [-0.39, 0.29) is 16.5 Å². The number of ether oxygens (including phenoxy) is 2. The van der Waals surface area contributed by atoms with Gasteiger partial charge in [0.2, 0.25) is 7.37 Å². The monoisotopic (exact) mass is 355 g/mol. The van der Waals surface area contributed by atoms with Crippen molar-refractivity contribution in [2.75, 3.05) is 26.1 Å². The van der Waals surface area contributed by atoms with E-state index in [1.54, 1.807) is 6.92 Å². The first-order valence-corrected chi connectivity index (χ1v) is 8.76. The predicted molar refractivity (Wildman–Crippen MR) is 82.5 cm³/mol. The van der Waals surface area contributed by atoms with E-state index in [2.05, 4.69) is 4.74 Å². The van der Waals surface area contributed by atoms with Gasteiger partial charge in [0.1, 0.15) is 5.75 Å². The third kappa shape index (κ3) is 5.08.